The molecule has 6 heteroatoms. The van der Waals surface area contributed by atoms with E-state index >= 15 is 0 Å². The Balaban J connectivity index is 2.91. The number of ether oxygens (including phenoxy) is 1. The van der Waals surface area contributed by atoms with E-state index < -0.39 is 17.0 Å². The molecule has 1 atom stereocenters. The molecular formula is C10H11NO5. The van der Waals surface area contributed by atoms with Crippen molar-refractivity contribution in [2.45, 2.75) is 13.0 Å². The molecule has 1 aromatic carbocycles. The predicted octanol–water partition coefficient (Wildman–Crippen LogP) is 1.19. The maximum absolute atomic E-state index is 11.2. The SMILES string of the molecule is CCOC(=O)C(O)c1cccc([N+](=O)[O-])c1. The van der Waals surface area contributed by atoms with Gasteiger partial charge in [0.25, 0.3) is 5.69 Å². The van der Waals surface area contributed by atoms with E-state index in [2.05, 4.69) is 4.74 Å². The van der Waals surface area contributed by atoms with Gasteiger partial charge in [0, 0.05) is 12.1 Å². The van der Waals surface area contributed by atoms with E-state index in [1.54, 1.807) is 6.92 Å². The van der Waals surface area contributed by atoms with Crippen molar-refractivity contribution in [2.75, 3.05) is 6.61 Å². The van der Waals surface area contributed by atoms with Gasteiger partial charge in [0.15, 0.2) is 6.10 Å². The minimum Gasteiger partial charge on any atom is -0.464 e. The van der Waals surface area contributed by atoms with Gasteiger partial charge in [-0.3, -0.25) is 10.1 Å². The van der Waals surface area contributed by atoms with Gasteiger partial charge in [-0.2, -0.15) is 0 Å². The Hall–Kier alpha value is -1.95. The summed E-state index contributed by atoms with van der Waals surface area (Å²) in [6, 6.07) is 5.24. The van der Waals surface area contributed by atoms with Crippen molar-refractivity contribution in [1.82, 2.24) is 0 Å². The molecule has 0 bridgehead atoms. The minimum atomic E-state index is -1.49. The number of esters is 1. The number of nitro groups is 1. The van der Waals surface area contributed by atoms with E-state index in [4.69, 9.17) is 0 Å². The number of nitrogens with zero attached hydrogens (tertiary/aromatic N) is 1. The molecule has 0 aromatic heterocycles. The van der Waals surface area contributed by atoms with Crippen LogP contribution < -0.4 is 0 Å². The van der Waals surface area contributed by atoms with E-state index in [9.17, 15) is 20.0 Å². The fraction of sp³-hybridized carbons (Fsp3) is 0.300. The highest BCUT2D eigenvalue weighted by Crippen LogP contribution is 2.20. The first kappa shape index (κ1) is 12.1. The van der Waals surface area contributed by atoms with Gasteiger partial charge < -0.3 is 9.84 Å². The molecule has 1 unspecified atom stereocenters. The average Bonchev–Trinajstić information content (AvgIpc) is 2.28. The molecule has 0 heterocycles. The first-order valence-electron chi connectivity index (χ1n) is 4.65. The van der Waals surface area contributed by atoms with Crippen molar-refractivity contribution in [3.8, 4) is 0 Å². The van der Waals surface area contributed by atoms with Gasteiger partial charge in [0.1, 0.15) is 0 Å². The van der Waals surface area contributed by atoms with Crippen LogP contribution >= 0.6 is 0 Å². The number of hydrogen-bond donors (Lipinski definition) is 1. The summed E-state index contributed by atoms with van der Waals surface area (Å²) in [7, 11) is 0. The summed E-state index contributed by atoms with van der Waals surface area (Å²) in [5, 5.41) is 20.0. The van der Waals surface area contributed by atoms with Gasteiger partial charge in [-0.25, -0.2) is 4.79 Å². The molecule has 0 spiro atoms. The van der Waals surface area contributed by atoms with Gasteiger partial charge in [-0.15, -0.1) is 0 Å². The number of carbonyl (C=O) groups is 1. The molecule has 0 saturated carbocycles. The molecule has 0 saturated heterocycles. The van der Waals surface area contributed by atoms with Gasteiger partial charge in [-0.1, -0.05) is 12.1 Å². The van der Waals surface area contributed by atoms with Crippen LogP contribution in [0, 0.1) is 10.1 Å². The molecule has 86 valence electrons. The Labute approximate surface area is 91.6 Å². The molecule has 0 aliphatic carbocycles. The highest BCUT2D eigenvalue weighted by molar-refractivity contribution is 5.76. The van der Waals surface area contributed by atoms with Gasteiger partial charge in [0.05, 0.1) is 11.5 Å². The lowest BCUT2D eigenvalue weighted by atomic mass is 10.1. The summed E-state index contributed by atoms with van der Waals surface area (Å²) in [4.78, 5) is 21.1. The standard InChI is InChI=1S/C10H11NO5/c1-2-16-10(13)9(12)7-4-3-5-8(6-7)11(14)15/h3-6,9,12H,2H2,1H3. The second-order valence-electron chi connectivity index (χ2n) is 3.01. The van der Waals surface area contributed by atoms with Crippen LogP contribution in [-0.2, 0) is 9.53 Å². The number of benzene rings is 1. The molecule has 0 radical (unpaired) electrons. The second kappa shape index (κ2) is 5.22. The van der Waals surface area contributed by atoms with Crippen LogP contribution in [0.25, 0.3) is 0 Å². The Kier molecular flexibility index (Phi) is 3.96. The number of non-ortho nitro benzene ring substituents is 1. The summed E-state index contributed by atoms with van der Waals surface area (Å²) >= 11 is 0. The second-order valence-corrected chi connectivity index (χ2v) is 3.01. The maximum atomic E-state index is 11.2. The lowest BCUT2D eigenvalue weighted by Gasteiger charge is -2.09. The number of carbonyl (C=O) groups excluding carboxylic acids is 1. The van der Waals surface area contributed by atoms with Crippen molar-refractivity contribution in [3.63, 3.8) is 0 Å². The first-order chi connectivity index (χ1) is 7.56. The van der Waals surface area contributed by atoms with Crippen molar-refractivity contribution in [2.24, 2.45) is 0 Å². The van der Waals surface area contributed by atoms with Crippen LogP contribution in [0.1, 0.15) is 18.6 Å². The van der Waals surface area contributed by atoms with E-state index in [-0.39, 0.29) is 17.9 Å². The zero-order valence-corrected chi connectivity index (χ0v) is 8.62. The van der Waals surface area contributed by atoms with E-state index in [0.29, 0.717) is 0 Å². The fourth-order valence-electron chi connectivity index (χ4n) is 1.17. The number of aliphatic hydroxyl groups is 1. The van der Waals surface area contributed by atoms with Gasteiger partial charge in [0.2, 0.25) is 0 Å². The monoisotopic (exact) mass is 225 g/mol. The molecule has 6 nitrogen and oxygen atoms in total. The van der Waals surface area contributed by atoms with Crippen LogP contribution in [0.5, 0.6) is 0 Å². The Bertz CT molecular complexity index is 404. The smallest absolute Gasteiger partial charge is 0.339 e. The average molecular weight is 225 g/mol. The first-order valence-corrected chi connectivity index (χ1v) is 4.65. The predicted molar refractivity (Wildman–Crippen MR) is 54.7 cm³/mol. The summed E-state index contributed by atoms with van der Waals surface area (Å²) < 4.78 is 4.60. The highest BCUT2D eigenvalue weighted by Gasteiger charge is 2.20. The zero-order chi connectivity index (χ0) is 12.1. The quantitative estimate of drug-likeness (QED) is 0.472. The molecule has 0 fully saturated rings. The third kappa shape index (κ3) is 2.77. The van der Waals surface area contributed by atoms with Crippen LogP contribution in [0.2, 0.25) is 0 Å². The number of hydrogen-bond acceptors (Lipinski definition) is 5. The normalized spacial score (nSPS) is 11.9. The number of aliphatic hydroxyl groups excluding tert-OH is 1. The molecule has 0 amide bonds. The maximum Gasteiger partial charge on any atom is 0.339 e. The molecule has 1 aromatic rings. The Morgan fingerprint density at radius 3 is 2.88 bits per heavy atom. The van der Waals surface area contributed by atoms with Crippen molar-refractivity contribution >= 4 is 11.7 Å². The molecular weight excluding hydrogens is 214 g/mol. The van der Waals surface area contributed by atoms with Gasteiger partial charge >= 0.3 is 5.97 Å². The Morgan fingerprint density at radius 1 is 1.62 bits per heavy atom. The third-order valence-electron chi connectivity index (χ3n) is 1.91. The van der Waals surface area contributed by atoms with Gasteiger partial charge in [-0.05, 0) is 12.5 Å². The van der Waals surface area contributed by atoms with Crippen molar-refractivity contribution in [3.05, 3.63) is 39.9 Å². The summed E-state index contributed by atoms with van der Waals surface area (Å²) in [5.41, 5.74) is -0.0338. The van der Waals surface area contributed by atoms with Crippen LogP contribution in [0.3, 0.4) is 0 Å². The lowest BCUT2D eigenvalue weighted by Crippen LogP contribution is -2.15. The van der Waals surface area contributed by atoms with Crippen LogP contribution in [0.15, 0.2) is 24.3 Å². The van der Waals surface area contributed by atoms with Crippen molar-refractivity contribution < 1.29 is 19.6 Å². The lowest BCUT2D eigenvalue weighted by molar-refractivity contribution is -0.385. The third-order valence-corrected chi connectivity index (χ3v) is 1.91. The topological polar surface area (TPSA) is 89.7 Å². The summed E-state index contributed by atoms with van der Waals surface area (Å²) in [5.74, 6) is -0.817. The minimum absolute atomic E-state index is 0.144. The van der Waals surface area contributed by atoms with E-state index in [1.165, 1.54) is 18.2 Å². The molecule has 0 aliphatic rings. The largest absolute Gasteiger partial charge is 0.464 e. The fourth-order valence-corrected chi connectivity index (χ4v) is 1.17. The van der Waals surface area contributed by atoms with E-state index in [1.807, 2.05) is 0 Å². The zero-order valence-electron chi connectivity index (χ0n) is 8.62. The molecule has 1 N–H and O–H groups in total. The Morgan fingerprint density at radius 2 is 2.31 bits per heavy atom. The highest BCUT2D eigenvalue weighted by atomic mass is 16.6. The van der Waals surface area contributed by atoms with Crippen LogP contribution in [-0.4, -0.2) is 22.6 Å². The van der Waals surface area contributed by atoms with E-state index in [0.717, 1.165) is 6.07 Å². The molecule has 16 heavy (non-hydrogen) atoms. The number of rotatable bonds is 4. The van der Waals surface area contributed by atoms with Crippen LogP contribution in [0.4, 0.5) is 5.69 Å². The molecule has 1 rings (SSSR count). The summed E-state index contributed by atoms with van der Waals surface area (Å²) in [6.45, 7) is 1.75. The molecule has 0 aliphatic heterocycles. The van der Waals surface area contributed by atoms with Crippen molar-refractivity contribution in [1.29, 1.82) is 0 Å². The number of nitro benzene ring substituents is 1. The summed E-state index contributed by atoms with van der Waals surface area (Å²) in [6.07, 6.45) is -1.49.